The van der Waals surface area contributed by atoms with E-state index in [9.17, 15) is 9.18 Å². The molecule has 0 saturated carbocycles. The van der Waals surface area contributed by atoms with Gasteiger partial charge in [-0.1, -0.05) is 30.6 Å². The monoisotopic (exact) mass is 343 g/mol. The molecular weight excluding hydrogens is 321 g/mol. The first-order valence-electron chi connectivity index (χ1n) is 8.42. The Hall–Kier alpha value is -2.32. The molecule has 25 heavy (non-hydrogen) atoms. The molecule has 1 aliphatic heterocycles. The van der Waals surface area contributed by atoms with Gasteiger partial charge >= 0.3 is 5.97 Å². The Morgan fingerprint density at radius 1 is 1.48 bits per heavy atom. The predicted molar refractivity (Wildman–Crippen MR) is 94.1 cm³/mol. The molecule has 1 atom stereocenters. The normalized spacial score (nSPS) is 21.2. The average Bonchev–Trinajstić information content (AvgIpc) is 2.54. The molecule has 1 N–H and O–H groups in total. The van der Waals surface area contributed by atoms with Gasteiger partial charge in [-0.25, -0.2) is 9.18 Å². The van der Waals surface area contributed by atoms with Crippen molar-refractivity contribution in [3.8, 4) is 17.6 Å². The molecule has 1 aromatic rings. The minimum absolute atomic E-state index is 0.0372. The molecule has 2 aliphatic rings. The van der Waals surface area contributed by atoms with Crippen LogP contribution in [-0.4, -0.2) is 47.9 Å². The molecule has 0 amide bonds. The third-order valence-corrected chi connectivity index (χ3v) is 4.84. The number of aliphatic carboxylic acids is 1. The molecule has 0 aromatic heterocycles. The molecular formula is C20H22FNO3. The lowest BCUT2D eigenvalue weighted by atomic mass is 9.83. The minimum atomic E-state index is -2.08. The Kier molecular flexibility index (Phi) is 4.82. The van der Waals surface area contributed by atoms with E-state index in [4.69, 9.17) is 9.84 Å². The molecule has 1 saturated heterocycles. The van der Waals surface area contributed by atoms with Gasteiger partial charge < -0.3 is 9.84 Å². The molecule has 1 heterocycles. The number of halogens is 1. The first kappa shape index (κ1) is 17.5. The Balaban J connectivity index is 1.67. The van der Waals surface area contributed by atoms with Crippen LogP contribution in [0, 0.1) is 17.8 Å². The Morgan fingerprint density at radius 2 is 2.24 bits per heavy atom. The van der Waals surface area contributed by atoms with Crippen molar-refractivity contribution in [1.82, 2.24) is 4.90 Å². The van der Waals surface area contributed by atoms with Gasteiger partial charge in [0.2, 0.25) is 5.67 Å². The molecule has 0 spiro atoms. The van der Waals surface area contributed by atoms with Crippen LogP contribution in [0.15, 0.2) is 23.8 Å². The maximum Gasteiger partial charge on any atom is 0.344 e. The van der Waals surface area contributed by atoms with Gasteiger partial charge in [-0.05, 0) is 42.5 Å². The number of hydrogen-bond acceptors (Lipinski definition) is 3. The van der Waals surface area contributed by atoms with Crippen LogP contribution in [0.25, 0.3) is 6.08 Å². The summed E-state index contributed by atoms with van der Waals surface area (Å²) < 4.78 is 19.5. The standard InChI is InChI=1S/C20H22FNO3/c1-3-4-7-25-18-6-5-15-9-17(14(2)8-16(15)10-18)11-22-12-20(21,13-22)19(23)24/h5-6,9-10,14H,7-8,11-13H2,1-2H3,(H,23,24)/t14-/m0/s1. The molecule has 132 valence electrons. The highest BCUT2D eigenvalue weighted by atomic mass is 19.1. The molecule has 0 radical (unpaired) electrons. The van der Waals surface area contributed by atoms with Crippen molar-refractivity contribution in [2.45, 2.75) is 25.9 Å². The SMILES string of the molecule is CC#CCOc1ccc2c(c1)C[C@H](C)C(CN1CC(F)(C(=O)O)C1)=C2. The lowest BCUT2D eigenvalue weighted by molar-refractivity contribution is -0.163. The van der Waals surface area contributed by atoms with Crippen molar-refractivity contribution >= 4 is 12.0 Å². The number of rotatable bonds is 5. The number of hydrogen-bond donors (Lipinski definition) is 1. The van der Waals surface area contributed by atoms with Crippen LogP contribution in [0.5, 0.6) is 5.75 Å². The summed E-state index contributed by atoms with van der Waals surface area (Å²) in [5.41, 5.74) is 1.51. The van der Waals surface area contributed by atoms with Gasteiger partial charge in [0, 0.05) is 19.6 Å². The average molecular weight is 343 g/mol. The van der Waals surface area contributed by atoms with E-state index in [0.29, 0.717) is 19.1 Å². The van der Waals surface area contributed by atoms with Gasteiger partial charge in [0.05, 0.1) is 0 Å². The molecule has 5 heteroatoms. The number of likely N-dealkylation sites (tertiary alicyclic amines) is 1. The highest BCUT2D eigenvalue weighted by Gasteiger charge is 2.50. The second-order valence-electron chi connectivity index (χ2n) is 6.82. The van der Waals surface area contributed by atoms with Crippen molar-refractivity contribution in [2.75, 3.05) is 26.2 Å². The fraction of sp³-hybridized carbons (Fsp3) is 0.450. The van der Waals surface area contributed by atoms with Crippen LogP contribution in [0.1, 0.15) is 25.0 Å². The predicted octanol–water partition coefficient (Wildman–Crippen LogP) is 2.77. The number of ether oxygens (including phenoxy) is 1. The topological polar surface area (TPSA) is 49.8 Å². The van der Waals surface area contributed by atoms with E-state index in [1.165, 1.54) is 11.1 Å². The molecule has 1 aromatic carbocycles. The number of carboxylic acids is 1. The third-order valence-electron chi connectivity index (χ3n) is 4.84. The summed E-state index contributed by atoms with van der Waals surface area (Å²) in [5.74, 6) is 5.47. The van der Waals surface area contributed by atoms with Gasteiger partial charge in [-0.2, -0.15) is 0 Å². The first-order chi connectivity index (χ1) is 11.9. The van der Waals surface area contributed by atoms with Crippen LogP contribution in [0.3, 0.4) is 0 Å². The van der Waals surface area contributed by atoms with Crippen LogP contribution >= 0.6 is 0 Å². The van der Waals surface area contributed by atoms with E-state index in [-0.39, 0.29) is 13.1 Å². The van der Waals surface area contributed by atoms with E-state index >= 15 is 0 Å². The minimum Gasteiger partial charge on any atom is -0.481 e. The zero-order valence-corrected chi connectivity index (χ0v) is 14.5. The second kappa shape index (κ2) is 6.89. The molecule has 0 bridgehead atoms. The quantitative estimate of drug-likeness (QED) is 0.836. The van der Waals surface area contributed by atoms with Gasteiger partial charge in [0.15, 0.2) is 0 Å². The number of benzene rings is 1. The Morgan fingerprint density at radius 3 is 2.92 bits per heavy atom. The lowest BCUT2D eigenvalue weighted by Crippen LogP contribution is -2.63. The molecule has 1 aliphatic carbocycles. The van der Waals surface area contributed by atoms with E-state index in [2.05, 4.69) is 30.9 Å². The summed E-state index contributed by atoms with van der Waals surface area (Å²) in [6.45, 7) is 4.85. The van der Waals surface area contributed by atoms with E-state index < -0.39 is 11.6 Å². The van der Waals surface area contributed by atoms with Gasteiger partial charge in [0.25, 0.3) is 0 Å². The van der Waals surface area contributed by atoms with E-state index in [1.54, 1.807) is 6.92 Å². The van der Waals surface area contributed by atoms with Crippen molar-refractivity contribution < 1.29 is 19.0 Å². The van der Waals surface area contributed by atoms with Gasteiger partial charge in [0.1, 0.15) is 12.4 Å². The van der Waals surface area contributed by atoms with Gasteiger partial charge in [-0.3, -0.25) is 4.90 Å². The number of alkyl halides is 1. The molecule has 1 fully saturated rings. The smallest absolute Gasteiger partial charge is 0.344 e. The number of carboxylic acid groups (broad SMARTS) is 1. The molecule has 4 nitrogen and oxygen atoms in total. The fourth-order valence-corrected chi connectivity index (χ4v) is 3.35. The second-order valence-corrected chi connectivity index (χ2v) is 6.82. The van der Waals surface area contributed by atoms with Crippen molar-refractivity contribution in [1.29, 1.82) is 0 Å². The van der Waals surface area contributed by atoms with E-state index in [1.807, 2.05) is 17.0 Å². The highest BCUT2D eigenvalue weighted by molar-refractivity contribution is 5.79. The van der Waals surface area contributed by atoms with Crippen molar-refractivity contribution in [3.05, 3.63) is 34.9 Å². The first-order valence-corrected chi connectivity index (χ1v) is 8.42. The number of nitrogens with zero attached hydrogens (tertiary/aromatic N) is 1. The lowest BCUT2D eigenvalue weighted by Gasteiger charge is -2.42. The van der Waals surface area contributed by atoms with E-state index in [0.717, 1.165) is 17.7 Å². The summed E-state index contributed by atoms with van der Waals surface area (Å²) in [7, 11) is 0. The summed E-state index contributed by atoms with van der Waals surface area (Å²) in [5, 5.41) is 8.87. The summed E-state index contributed by atoms with van der Waals surface area (Å²) in [6.07, 6.45) is 3.03. The number of carbonyl (C=O) groups is 1. The number of fused-ring (bicyclic) bond motifs is 1. The van der Waals surface area contributed by atoms with Crippen molar-refractivity contribution in [2.24, 2.45) is 5.92 Å². The Labute approximate surface area is 147 Å². The maximum absolute atomic E-state index is 13.9. The molecule has 0 unspecified atom stereocenters. The van der Waals surface area contributed by atoms with Crippen LogP contribution in [0.4, 0.5) is 4.39 Å². The zero-order valence-electron chi connectivity index (χ0n) is 14.5. The van der Waals surface area contributed by atoms with Gasteiger partial charge in [-0.15, -0.1) is 5.92 Å². The van der Waals surface area contributed by atoms with Crippen LogP contribution in [-0.2, 0) is 11.2 Å². The molecule has 3 rings (SSSR count). The zero-order chi connectivity index (χ0) is 18.0. The van der Waals surface area contributed by atoms with Crippen LogP contribution in [0.2, 0.25) is 0 Å². The van der Waals surface area contributed by atoms with Crippen molar-refractivity contribution in [3.63, 3.8) is 0 Å². The Bertz CT molecular complexity index is 769. The summed E-state index contributed by atoms with van der Waals surface area (Å²) in [6, 6.07) is 6.01. The maximum atomic E-state index is 13.9. The third kappa shape index (κ3) is 3.69. The fourth-order valence-electron chi connectivity index (χ4n) is 3.35. The van der Waals surface area contributed by atoms with Crippen LogP contribution < -0.4 is 4.74 Å². The highest BCUT2D eigenvalue weighted by Crippen LogP contribution is 2.33. The largest absolute Gasteiger partial charge is 0.481 e. The summed E-state index contributed by atoms with van der Waals surface area (Å²) in [4.78, 5) is 12.7. The summed E-state index contributed by atoms with van der Waals surface area (Å²) >= 11 is 0.